The number of aliphatic hydroxyl groups is 2. The molecule has 0 radical (unpaired) electrons. The van der Waals surface area contributed by atoms with Gasteiger partial charge in [0.05, 0.1) is 58.8 Å². The van der Waals surface area contributed by atoms with Gasteiger partial charge in [0.1, 0.15) is 42.7 Å². The van der Waals surface area contributed by atoms with Crippen molar-refractivity contribution in [1.29, 1.82) is 0 Å². The smallest absolute Gasteiger partial charge is 0.862 e. The molecule has 0 amide bonds. The van der Waals surface area contributed by atoms with Gasteiger partial charge in [-0.25, -0.2) is 21.0 Å². The Hall–Kier alpha value is 2.15. The number of carbonyl (C=O) groups excluding carboxylic acids is 1. The molecule has 0 aromatic carbocycles. The van der Waals surface area contributed by atoms with E-state index in [1.54, 1.807) is 0 Å². The monoisotopic (exact) mass is 900 g/mol. The van der Waals surface area contributed by atoms with Crippen LogP contribution in [0.15, 0.2) is 4.99 Å². The van der Waals surface area contributed by atoms with Crippen LogP contribution in [-0.2, 0) is 81.7 Å². The second-order valence-electron chi connectivity index (χ2n) is 10.2. The Kier molecular flexibility index (Phi) is 32.9. The summed E-state index contributed by atoms with van der Waals surface area (Å²) >= 11 is 0. The van der Waals surface area contributed by atoms with Crippen molar-refractivity contribution < 1.29 is 228 Å². The number of nitrogens with zero attached hydrogens (tertiary/aromatic N) is 1. The number of aliphatic carboxylic acids is 1. The fourth-order valence-corrected chi connectivity index (χ4v) is 5.73. The molecule has 0 aliphatic carbocycles. The molecule has 0 bridgehead atoms. The number of ether oxygens (including phenoxy) is 7. The molecule has 0 aromatic rings. The normalized spacial score (nSPS) is 28.8. The van der Waals surface area contributed by atoms with Crippen molar-refractivity contribution in [3.63, 3.8) is 0 Å². The fourth-order valence-electron chi connectivity index (χ4n) is 4.44. The number of aliphatic hydroxyl groups excluding tert-OH is 2. The van der Waals surface area contributed by atoms with Crippen LogP contribution in [-0.4, -0.2) is 182 Å². The summed E-state index contributed by atoms with van der Waals surface area (Å²) in [7, 11) is -16.8. The van der Waals surface area contributed by atoms with Crippen LogP contribution in [0, 0.1) is 0 Å². The number of hydrogen-bond acceptors (Lipinski definition) is 25. The molecule has 33 heteroatoms. The van der Waals surface area contributed by atoms with Crippen molar-refractivity contribution in [3.8, 4) is 0 Å². The molecule has 300 valence electrons. The van der Waals surface area contributed by atoms with E-state index in [9.17, 15) is 64.1 Å². The molecule has 2 aliphatic heterocycles. The molecule has 2 rings (SSSR count). The van der Waals surface area contributed by atoms with Gasteiger partial charge in [0.15, 0.2) is 18.7 Å². The third-order valence-corrected chi connectivity index (χ3v) is 7.72. The minimum Gasteiger partial charge on any atom is -0.862 e. The maximum atomic E-state index is 12.1. The Morgan fingerprint density at radius 3 is 1.73 bits per heavy atom. The van der Waals surface area contributed by atoms with Crippen LogP contribution >= 0.6 is 0 Å². The van der Waals surface area contributed by atoms with Crippen LogP contribution in [0.3, 0.4) is 0 Å². The molecular formula is C22H36N2Na4O24S3. The Morgan fingerprint density at radius 2 is 1.27 bits per heavy atom. The van der Waals surface area contributed by atoms with E-state index in [1.165, 1.54) is 0 Å². The molecule has 0 unspecified atom stereocenters. The van der Waals surface area contributed by atoms with Gasteiger partial charge in [0.25, 0.3) is 0 Å². The standard InChI is InChI=1S/C22H40N2O24S3.4Na/c1-11(25)24-13-16(47-50(33,34)35)14(26)12(10-43-49(30,31)32)44-21(13)45-17-15(27)18(48-51(36,37)38)22(46-19(17)20(28)29)42-9-8-41-7-6-40-5-4-39-3-2-23;;;;/h12-19,21-22,26-27H,2-10,23H2,1H3,(H,24,25)(H,28,29)(H,30,31,32)(H,33,34,35)(H,36,37,38);;;;/q;4*+1/p-4/t12-,13-,14-,15+,16-,17+,18-,19+,21-,22-;;;;/m1..../s1. The number of aliphatic imine (C=N–C) groups is 1. The first-order chi connectivity index (χ1) is 23.6. The summed E-state index contributed by atoms with van der Waals surface area (Å²) in [6.45, 7) is -0.0842. The fraction of sp³-hybridized carbons (Fsp3) is 0.909. The van der Waals surface area contributed by atoms with Crippen LogP contribution in [0.25, 0.3) is 0 Å². The molecule has 10 atom stereocenters. The zero-order valence-electron chi connectivity index (χ0n) is 30.3. The molecule has 2 saturated heterocycles. The number of nitrogens with two attached hydrogens (primary N) is 1. The Balaban J connectivity index is -0.00000676. The van der Waals surface area contributed by atoms with Gasteiger partial charge < -0.3 is 73.2 Å². The van der Waals surface area contributed by atoms with Gasteiger partial charge in [0, 0.05) is 6.54 Å². The Morgan fingerprint density at radius 1 is 0.745 bits per heavy atom. The number of carboxylic acids is 1. The summed E-state index contributed by atoms with van der Waals surface area (Å²) < 4.78 is 149. The van der Waals surface area contributed by atoms with Gasteiger partial charge in [-0.1, -0.05) is 0 Å². The summed E-state index contributed by atoms with van der Waals surface area (Å²) in [6, 6.07) is -2.26. The number of carbonyl (C=O) groups is 1. The molecular weight excluding hydrogens is 864 g/mol. The van der Waals surface area contributed by atoms with Crippen molar-refractivity contribution in [2.45, 2.75) is 68.3 Å². The quantitative estimate of drug-likeness (QED) is 0.0185. The van der Waals surface area contributed by atoms with Crippen molar-refractivity contribution in [1.82, 2.24) is 0 Å². The van der Waals surface area contributed by atoms with E-state index in [0.717, 1.165) is 6.92 Å². The molecule has 55 heavy (non-hydrogen) atoms. The predicted octanol–water partition coefficient (Wildman–Crippen LogP) is -20.0. The molecule has 5 N–H and O–H groups in total. The van der Waals surface area contributed by atoms with Gasteiger partial charge in [0.2, 0.25) is 20.8 Å². The van der Waals surface area contributed by atoms with Crippen LogP contribution < -0.4 is 134 Å². The topological polar surface area (TPSA) is 403 Å². The number of carboxylic acid groups (broad SMARTS) is 1. The van der Waals surface area contributed by atoms with Crippen LogP contribution in [0.1, 0.15) is 6.92 Å². The van der Waals surface area contributed by atoms with Gasteiger partial charge in [-0.15, -0.1) is 0 Å². The van der Waals surface area contributed by atoms with Gasteiger partial charge in [-0.2, -0.15) is 8.42 Å². The second-order valence-corrected chi connectivity index (χ2v) is 13.3. The van der Waals surface area contributed by atoms with Crippen molar-refractivity contribution in [2.24, 2.45) is 10.7 Å². The van der Waals surface area contributed by atoms with E-state index in [2.05, 4.69) is 17.5 Å². The number of rotatable bonds is 23. The average molecular weight is 901 g/mol. The molecule has 26 nitrogen and oxygen atoms in total. The van der Waals surface area contributed by atoms with Crippen molar-refractivity contribution >= 4 is 43.1 Å². The van der Waals surface area contributed by atoms with Crippen LogP contribution in [0.2, 0.25) is 0 Å². The van der Waals surface area contributed by atoms with Gasteiger partial charge >= 0.3 is 129 Å². The summed E-state index contributed by atoms with van der Waals surface area (Å²) in [5.74, 6) is -3.37. The van der Waals surface area contributed by atoms with Crippen LogP contribution in [0.5, 0.6) is 0 Å². The third kappa shape index (κ3) is 23.8. The maximum Gasteiger partial charge on any atom is 1.00 e. The zero-order chi connectivity index (χ0) is 38.6. The number of hydrogen-bond donors (Lipinski definition) is 4. The zero-order valence-corrected chi connectivity index (χ0v) is 40.8. The summed E-state index contributed by atoms with van der Waals surface area (Å²) in [4.78, 5) is 15.5. The van der Waals surface area contributed by atoms with E-state index in [4.69, 9.17) is 38.9 Å². The third-order valence-electron chi connectivity index (χ3n) is 6.37. The van der Waals surface area contributed by atoms with Gasteiger partial charge in [-0.05, 0) is 12.8 Å². The first-order valence-corrected chi connectivity index (χ1v) is 18.4. The molecule has 2 fully saturated rings. The Bertz CT molecular complexity index is 1460. The Labute approximate surface area is 404 Å². The maximum absolute atomic E-state index is 12.1. The van der Waals surface area contributed by atoms with Crippen LogP contribution in [0.4, 0.5) is 0 Å². The molecule has 2 aliphatic rings. The van der Waals surface area contributed by atoms with Crippen molar-refractivity contribution in [3.05, 3.63) is 0 Å². The van der Waals surface area contributed by atoms with E-state index >= 15 is 0 Å². The van der Waals surface area contributed by atoms with Crippen molar-refractivity contribution in [2.75, 3.05) is 59.4 Å². The minimum absolute atomic E-state index is 0. The average Bonchev–Trinajstić information content (AvgIpc) is 2.99. The van der Waals surface area contributed by atoms with Gasteiger partial charge in [-0.3, -0.25) is 17.9 Å². The minimum atomic E-state index is -5.79. The summed E-state index contributed by atoms with van der Waals surface area (Å²) in [5.41, 5.74) is 5.28. The SMILES string of the molecule is CC([O-])=N[C@H]1[C@@H](O[C@H]2[C@H](O)[C@@H](OS(=O)(=O)O)[C@H](OCCOCCOCCOCCN)O[C@@H]2C(=O)[O-])O[C@H](COS(=O)(=O)[O-])[C@@H](O)[C@@H]1OS(=O)(=O)[O-].[Na+].[Na+].[Na+].[Na+]. The molecule has 2 heterocycles. The molecule has 0 aromatic heterocycles. The summed E-state index contributed by atoms with van der Waals surface area (Å²) in [5, 5.41) is 45.7. The predicted molar refractivity (Wildman–Crippen MR) is 150 cm³/mol. The van der Waals surface area contributed by atoms with E-state index in [-0.39, 0.29) is 151 Å². The second kappa shape index (κ2) is 29.5. The largest absolute Gasteiger partial charge is 1.00 e. The first-order valence-electron chi connectivity index (χ1n) is 14.3. The molecule has 0 saturated carbocycles. The first kappa shape index (κ1) is 61.4. The van der Waals surface area contributed by atoms with E-state index < -0.39 is 118 Å². The molecule has 0 spiro atoms. The van der Waals surface area contributed by atoms with E-state index in [1.807, 2.05) is 0 Å². The summed E-state index contributed by atoms with van der Waals surface area (Å²) in [6.07, 6.45) is -21.5. The van der Waals surface area contributed by atoms with E-state index in [0.29, 0.717) is 13.2 Å².